The molecule has 1 aliphatic rings. The Morgan fingerprint density at radius 2 is 1.79 bits per heavy atom. The van der Waals surface area contributed by atoms with E-state index in [0.717, 1.165) is 35.5 Å². The van der Waals surface area contributed by atoms with E-state index in [4.69, 9.17) is 16.3 Å². The summed E-state index contributed by atoms with van der Waals surface area (Å²) in [5, 5.41) is 11.5. The van der Waals surface area contributed by atoms with Crippen LogP contribution in [0.15, 0.2) is 42.5 Å². The fourth-order valence-electron chi connectivity index (χ4n) is 2.43. The third-order valence-electron chi connectivity index (χ3n) is 3.66. The highest BCUT2D eigenvalue weighted by molar-refractivity contribution is 6.30. The van der Waals surface area contributed by atoms with E-state index in [2.05, 4.69) is 0 Å². The van der Waals surface area contributed by atoms with E-state index in [-0.39, 0.29) is 0 Å². The Balaban J connectivity index is 2.02. The maximum atomic E-state index is 10.8. The molecule has 0 bridgehead atoms. The summed E-state index contributed by atoms with van der Waals surface area (Å²) < 4.78 is 5.49. The molecule has 0 spiro atoms. The second kappa shape index (κ2) is 4.55. The molecule has 1 N–H and O–H groups in total. The summed E-state index contributed by atoms with van der Waals surface area (Å²) in [4.78, 5) is 0. The molecule has 19 heavy (non-hydrogen) atoms. The maximum absolute atomic E-state index is 10.8. The fraction of sp³-hybridized carbons (Fsp3) is 0.250. The van der Waals surface area contributed by atoms with Crippen molar-refractivity contribution in [1.82, 2.24) is 0 Å². The van der Waals surface area contributed by atoms with Gasteiger partial charge in [0, 0.05) is 11.4 Å². The van der Waals surface area contributed by atoms with Gasteiger partial charge in [0.2, 0.25) is 0 Å². The van der Waals surface area contributed by atoms with Crippen LogP contribution >= 0.6 is 11.6 Å². The molecular formula is C16H15ClO2. The van der Waals surface area contributed by atoms with Crippen molar-refractivity contribution >= 4 is 11.6 Å². The molecule has 98 valence electrons. The summed E-state index contributed by atoms with van der Waals surface area (Å²) in [5.74, 6) is 0.927. The van der Waals surface area contributed by atoms with Crippen molar-refractivity contribution in [1.29, 1.82) is 0 Å². The first-order chi connectivity index (χ1) is 9.07. The lowest BCUT2D eigenvalue weighted by molar-refractivity contribution is 0.102. The van der Waals surface area contributed by atoms with Crippen LogP contribution in [-0.2, 0) is 12.0 Å². The van der Waals surface area contributed by atoms with E-state index in [1.807, 2.05) is 30.3 Å². The van der Waals surface area contributed by atoms with Crippen LogP contribution in [0.25, 0.3) is 0 Å². The summed E-state index contributed by atoms with van der Waals surface area (Å²) in [5.41, 5.74) is 1.84. The van der Waals surface area contributed by atoms with Gasteiger partial charge < -0.3 is 9.84 Å². The van der Waals surface area contributed by atoms with Gasteiger partial charge in [0.25, 0.3) is 0 Å². The highest BCUT2D eigenvalue weighted by atomic mass is 35.5. The van der Waals surface area contributed by atoms with Crippen molar-refractivity contribution < 1.29 is 9.84 Å². The summed E-state index contributed by atoms with van der Waals surface area (Å²) in [7, 11) is 0. The maximum Gasteiger partial charge on any atom is 0.122 e. The third kappa shape index (κ3) is 2.22. The minimum absolute atomic E-state index is 0.668. The predicted octanol–water partition coefficient (Wildman–Crippen LogP) is 3.53. The summed E-state index contributed by atoms with van der Waals surface area (Å²) >= 11 is 5.89. The summed E-state index contributed by atoms with van der Waals surface area (Å²) in [6.07, 6.45) is 0.903. The SMILES string of the molecule is CC(O)(c1ccc(Cl)cc1)c1ccc2c(c1)CCO2. The second-order valence-electron chi connectivity index (χ2n) is 5.00. The van der Waals surface area contributed by atoms with Crippen molar-refractivity contribution in [3.8, 4) is 5.75 Å². The zero-order chi connectivity index (χ0) is 13.5. The molecule has 1 atom stereocenters. The molecule has 2 nitrogen and oxygen atoms in total. The Kier molecular flexibility index (Phi) is 3.00. The smallest absolute Gasteiger partial charge is 0.122 e. The number of halogens is 1. The normalized spacial score (nSPS) is 16.6. The van der Waals surface area contributed by atoms with Gasteiger partial charge in [0.15, 0.2) is 0 Å². The van der Waals surface area contributed by atoms with Gasteiger partial charge in [0.1, 0.15) is 11.4 Å². The van der Waals surface area contributed by atoms with E-state index in [0.29, 0.717) is 5.02 Å². The van der Waals surface area contributed by atoms with E-state index < -0.39 is 5.60 Å². The second-order valence-corrected chi connectivity index (χ2v) is 5.44. The molecule has 1 aliphatic heterocycles. The third-order valence-corrected chi connectivity index (χ3v) is 3.91. The van der Waals surface area contributed by atoms with Gasteiger partial charge in [-0.3, -0.25) is 0 Å². The van der Waals surface area contributed by atoms with Gasteiger partial charge in [-0.25, -0.2) is 0 Å². The van der Waals surface area contributed by atoms with Crippen molar-refractivity contribution in [3.63, 3.8) is 0 Å². The van der Waals surface area contributed by atoms with Crippen LogP contribution in [0.2, 0.25) is 5.02 Å². The summed E-state index contributed by atoms with van der Waals surface area (Å²) in [6.45, 7) is 2.52. The number of ether oxygens (including phenoxy) is 1. The fourth-order valence-corrected chi connectivity index (χ4v) is 2.56. The van der Waals surface area contributed by atoms with Gasteiger partial charge in [-0.1, -0.05) is 29.8 Å². The number of fused-ring (bicyclic) bond motifs is 1. The standard InChI is InChI=1S/C16H15ClO2/c1-16(18,12-2-5-14(17)6-3-12)13-4-7-15-11(10-13)8-9-19-15/h2-7,10,18H,8-9H2,1H3. The van der Waals surface area contributed by atoms with Gasteiger partial charge in [-0.2, -0.15) is 0 Å². The lowest BCUT2D eigenvalue weighted by Crippen LogP contribution is -2.22. The number of benzene rings is 2. The highest BCUT2D eigenvalue weighted by Gasteiger charge is 2.27. The molecule has 2 aromatic rings. The lowest BCUT2D eigenvalue weighted by atomic mass is 9.87. The molecule has 0 aromatic heterocycles. The Labute approximate surface area is 117 Å². The lowest BCUT2D eigenvalue weighted by Gasteiger charge is -2.25. The molecule has 1 heterocycles. The Morgan fingerprint density at radius 3 is 2.53 bits per heavy atom. The molecule has 2 aromatic carbocycles. The molecule has 0 saturated heterocycles. The largest absolute Gasteiger partial charge is 0.493 e. The number of hydrogen-bond donors (Lipinski definition) is 1. The first kappa shape index (κ1) is 12.5. The zero-order valence-corrected chi connectivity index (χ0v) is 11.4. The Hall–Kier alpha value is -1.51. The average molecular weight is 275 g/mol. The average Bonchev–Trinajstić information content (AvgIpc) is 2.86. The Morgan fingerprint density at radius 1 is 1.11 bits per heavy atom. The van der Waals surface area contributed by atoms with Gasteiger partial charge in [-0.15, -0.1) is 0 Å². The van der Waals surface area contributed by atoms with Crippen LogP contribution < -0.4 is 4.74 Å². The van der Waals surface area contributed by atoms with Crippen molar-refractivity contribution in [2.24, 2.45) is 0 Å². The van der Waals surface area contributed by atoms with Crippen LogP contribution in [0, 0.1) is 0 Å². The molecular weight excluding hydrogens is 260 g/mol. The highest BCUT2D eigenvalue weighted by Crippen LogP contribution is 2.34. The van der Waals surface area contributed by atoms with Crippen molar-refractivity contribution in [2.45, 2.75) is 18.9 Å². The van der Waals surface area contributed by atoms with Gasteiger partial charge in [-0.05, 0) is 47.9 Å². The van der Waals surface area contributed by atoms with Gasteiger partial charge in [0.05, 0.1) is 6.61 Å². The summed E-state index contributed by atoms with van der Waals surface area (Å²) in [6, 6.07) is 13.2. The molecule has 0 fully saturated rings. The first-order valence-electron chi connectivity index (χ1n) is 6.32. The van der Waals surface area contributed by atoms with E-state index >= 15 is 0 Å². The van der Waals surface area contributed by atoms with Crippen molar-refractivity contribution in [2.75, 3.05) is 6.61 Å². The van der Waals surface area contributed by atoms with E-state index in [1.165, 1.54) is 0 Å². The van der Waals surface area contributed by atoms with Crippen LogP contribution in [0.4, 0.5) is 0 Å². The molecule has 3 rings (SSSR count). The monoisotopic (exact) mass is 274 g/mol. The number of rotatable bonds is 2. The van der Waals surface area contributed by atoms with E-state index in [9.17, 15) is 5.11 Å². The zero-order valence-electron chi connectivity index (χ0n) is 10.7. The molecule has 0 saturated carbocycles. The van der Waals surface area contributed by atoms with Crippen LogP contribution in [0.1, 0.15) is 23.6 Å². The number of hydrogen-bond acceptors (Lipinski definition) is 2. The quantitative estimate of drug-likeness (QED) is 0.908. The molecule has 3 heteroatoms. The van der Waals surface area contributed by atoms with Crippen LogP contribution in [-0.4, -0.2) is 11.7 Å². The van der Waals surface area contributed by atoms with Gasteiger partial charge >= 0.3 is 0 Å². The van der Waals surface area contributed by atoms with Crippen LogP contribution in [0.5, 0.6) is 5.75 Å². The molecule has 0 radical (unpaired) electrons. The van der Waals surface area contributed by atoms with E-state index in [1.54, 1.807) is 19.1 Å². The van der Waals surface area contributed by atoms with Crippen molar-refractivity contribution in [3.05, 3.63) is 64.2 Å². The molecule has 0 amide bonds. The topological polar surface area (TPSA) is 29.5 Å². The van der Waals surface area contributed by atoms with Crippen LogP contribution in [0.3, 0.4) is 0 Å². The molecule has 1 unspecified atom stereocenters. The minimum atomic E-state index is -1.03. The first-order valence-corrected chi connectivity index (χ1v) is 6.70. The molecule has 0 aliphatic carbocycles. The minimum Gasteiger partial charge on any atom is -0.493 e. The predicted molar refractivity (Wildman–Crippen MR) is 75.8 cm³/mol. The Bertz CT molecular complexity index is 603. The number of aliphatic hydroxyl groups is 1.